The number of benzene rings is 2. The Hall–Kier alpha value is -2.09. The maximum atomic E-state index is 12.3. The van der Waals surface area contributed by atoms with E-state index in [0.29, 0.717) is 12.5 Å². The van der Waals surface area contributed by atoms with Crippen molar-refractivity contribution in [1.82, 2.24) is 5.32 Å². The second kappa shape index (κ2) is 7.96. The van der Waals surface area contributed by atoms with Crippen LogP contribution in [-0.2, 0) is 17.8 Å². The van der Waals surface area contributed by atoms with Gasteiger partial charge in [0.15, 0.2) is 0 Å². The van der Waals surface area contributed by atoms with Gasteiger partial charge in [-0.25, -0.2) is 0 Å². The van der Waals surface area contributed by atoms with Gasteiger partial charge >= 0.3 is 0 Å². The highest BCUT2D eigenvalue weighted by Gasteiger charge is 2.14. The number of hydrogen-bond donors (Lipinski definition) is 1. The van der Waals surface area contributed by atoms with E-state index >= 15 is 0 Å². The summed E-state index contributed by atoms with van der Waals surface area (Å²) in [5.41, 5.74) is 4.76. The summed E-state index contributed by atoms with van der Waals surface area (Å²) >= 11 is 0. The highest BCUT2D eigenvalue weighted by Crippen LogP contribution is 2.18. The van der Waals surface area contributed by atoms with E-state index in [1.54, 1.807) is 0 Å². The number of nitrogens with one attached hydrogen (secondary N) is 1. The molecule has 2 rings (SSSR count). The van der Waals surface area contributed by atoms with E-state index in [1.165, 1.54) is 11.1 Å². The Morgan fingerprint density at radius 1 is 0.913 bits per heavy atom. The zero-order valence-electron chi connectivity index (χ0n) is 14.6. The summed E-state index contributed by atoms with van der Waals surface area (Å²) in [4.78, 5) is 12.3. The lowest BCUT2D eigenvalue weighted by Crippen LogP contribution is -2.27. The van der Waals surface area contributed by atoms with Crippen LogP contribution in [0.1, 0.15) is 48.9 Å². The molecule has 0 bridgehead atoms. The van der Waals surface area contributed by atoms with Gasteiger partial charge < -0.3 is 5.32 Å². The summed E-state index contributed by atoms with van der Waals surface area (Å²) in [5, 5.41) is 3.02. The molecule has 0 aliphatic carbocycles. The zero-order valence-corrected chi connectivity index (χ0v) is 14.6. The molecule has 1 amide bonds. The van der Waals surface area contributed by atoms with Crippen molar-refractivity contribution >= 4 is 5.91 Å². The molecule has 0 unspecified atom stereocenters. The summed E-state index contributed by atoms with van der Waals surface area (Å²) in [6, 6.07) is 16.7. The molecule has 2 aromatic carbocycles. The second-order valence-corrected chi connectivity index (χ2v) is 6.76. The van der Waals surface area contributed by atoms with E-state index < -0.39 is 0 Å². The minimum absolute atomic E-state index is 0.0715. The molecule has 0 saturated heterocycles. The van der Waals surface area contributed by atoms with Crippen LogP contribution >= 0.6 is 0 Å². The van der Waals surface area contributed by atoms with Crippen LogP contribution in [0.2, 0.25) is 0 Å². The molecule has 1 atom stereocenters. The third kappa shape index (κ3) is 5.24. The first-order valence-electron chi connectivity index (χ1n) is 8.38. The predicted molar refractivity (Wildman–Crippen MR) is 96.4 cm³/mol. The fourth-order valence-corrected chi connectivity index (χ4v) is 2.61. The lowest BCUT2D eigenvalue weighted by molar-refractivity contribution is -0.122. The summed E-state index contributed by atoms with van der Waals surface area (Å²) in [7, 11) is 0. The molecule has 0 saturated carbocycles. The lowest BCUT2D eigenvalue weighted by atomic mass is 9.96. The van der Waals surface area contributed by atoms with Crippen LogP contribution in [0.3, 0.4) is 0 Å². The van der Waals surface area contributed by atoms with Crippen molar-refractivity contribution in [2.45, 2.75) is 46.6 Å². The molecule has 23 heavy (non-hydrogen) atoms. The maximum Gasteiger partial charge on any atom is 0.227 e. The van der Waals surface area contributed by atoms with E-state index in [2.05, 4.69) is 74.6 Å². The van der Waals surface area contributed by atoms with Crippen molar-refractivity contribution < 1.29 is 4.79 Å². The Bertz CT molecular complexity index is 626. The van der Waals surface area contributed by atoms with Gasteiger partial charge in [-0.1, -0.05) is 67.9 Å². The van der Waals surface area contributed by atoms with Crippen LogP contribution in [0.15, 0.2) is 48.5 Å². The Kier molecular flexibility index (Phi) is 5.97. The number of amides is 1. The standard InChI is InChI=1S/C21H27NO/c1-15(2)13-18-9-11-20(12-10-18)17(4)21(23)22-14-19-7-5-16(3)6-8-19/h5-12,15,17H,13-14H2,1-4H3,(H,22,23)/t17-/m1/s1. The Labute approximate surface area is 139 Å². The molecule has 2 nitrogen and oxygen atoms in total. The minimum Gasteiger partial charge on any atom is -0.352 e. The van der Waals surface area contributed by atoms with Gasteiger partial charge in [-0.2, -0.15) is 0 Å². The number of rotatable bonds is 6. The molecule has 0 heterocycles. The van der Waals surface area contributed by atoms with E-state index in [0.717, 1.165) is 17.5 Å². The quantitative estimate of drug-likeness (QED) is 0.829. The van der Waals surface area contributed by atoms with Crippen LogP contribution in [0.5, 0.6) is 0 Å². The van der Waals surface area contributed by atoms with Crippen LogP contribution < -0.4 is 5.32 Å². The normalized spacial score (nSPS) is 12.2. The summed E-state index contributed by atoms with van der Waals surface area (Å²) < 4.78 is 0. The fraction of sp³-hybridized carbons (Fsp3) is 0.381. The maximum absolute atomic E-state index is 12.3. The van der Waals surface area contributed by atoms with Crippen LogP contribution in [0.4, 0.5) is 0 Å². The van der Waals surface area contributed by atoms with Crippen molar-refractivity contribution in [3.8, 4) is 0 Å². The summed E-state index contributed by atoms with van der Waals surface area (Å²) in [6.45, 7) is 9.04. The summed E-state index contributed by atoms with van der Waals surface area (Å²) in [5.74, 6) is 0.590. The number of carbonyl (C=O) groups excluding carboxylic acids is 1. The first-order chi connectivity index (χ1) is 11.0. The van der Waals surface area contributed by atoms with Gasteiger partial charge in [-0.15, -0.1) is 0 Å². The van der Waals surface area contributed by atoms with Gasteiger partial charge in [-0.05, 0) is 42.9 Å². The van der Waals surface area contributed by atoms with Gasteiger partial charge in [0, 0.05) is 6.54 Å². The average molecular weight is 309 g/mol. The smallest absolute Gasteiger partial charge is 0.227 e. The van der Waals surface area contributed by atoms with Gasteiger partial charge in [0.05, 0.1) is 5.92 Å². The molecule has 2 heteroatoms. The number of aryl methyl sites for hydroxylation is 1. The molecule has 0 spiro atoms. The van der Waals surface area contributed by atoms with Gasteiger partial charge in [-0.3, -0.25) is 4.79 Å². The van der Waals surface area contributed by atoms with Crippen molar-refractivity contribution in [1.29, 1.82) is 0 Å². The monoisotopic (exact) mass is 309 g/mol. The second-order valence-electron chi connectivity index (χ2n) is 6.76. The largest absolute Gasteiger partial charge is 0.352 e. The molecule has 1 N–H and O–H groups in total. The minimum atomic E-state index is -0.131. The number of carbonyl (C=O) groups is 1. The van der Waals surface area contributed by atoms with Gasteiger partial charge in [0.2, 0.25) is 5.91 Å². The number of hydrogen-bond acceptors (Lipinski definition) is 1. The first-order valence-corrected chi connectivity index (χ1v) is 8.38. The highest BCUT2D eigenvalue weighted by atomic mass is 16.1. The van der Waals surface area contributed by atoms with E-state index in [-0.39, 0.29) is 11.8 Å². The van der Waals surface area contributed by atoms with E-state index in [9.17, 15) is 4.79 Å². The summed E-state index contributed by atoms with van der Waals surface area (Å²) in [6.07, 6.45) is 1.08. The molecule has 122 valence electrons. The molecule has 0 aliphatic heterocycles. The molecule has 2 aromatic rings. The molecule has 0 fully saturated rings. The lowest BCUT2D eigenvalue weighted by Gasteiger charge is -2.14. The predicted octanol–water partition coefficient (Wildman–Crippen LogP) is 4.61. The van der Waals surface area contributed by atoms with Crippen LogP contribution in [0.25, 0.3) is 0 Å². The van der Waals surface area contributed by atoms with Gasteiger partial charge in [0.1, 0.15) is 0 Å². The Morgan fingerprint density at radius 2 is 1.48 bits per heavy atom. The fourth-order valence-electron chi connectivity index (χ4n) is 2.61. The SMILES string of the molecule is Cc1ccc(CNC(=O)[C@H](C)c2ccc(CC(C)C)cc2)cc1. The van der Waals surface area contributed by atoms with E-state index in [1.807, 2.05) is 6.92 Å². The van der Waals surface area contributed by atoms with Crippen molar-refractivity contribution in [2.75, 3.05) is 0 Å². The third-order valence-corrected chi connectivity index (χ3v) is 4.10. The molecule has 0 radical (unpaired) electrons. The van der Waals surface area contributed by atoms with E-state index in [4.69, 9.17) is 0 Å². The highest BCUT2D eigenvalue weighted by molar-refractivity contribution is 5.83. The molecular weight excluding hydrogens is 282 g/mol. The molecular formula is C21H27NO. The average Bonchev–Trinajstić information content (AvgIpc) is 2.53. The topological polar surface area (TPSA) is 29.1 Å². The van der Waals surface area contributed by atoms with Gasteiger partial charge in [0.25, 0.3) is 0 Å². The van der Waals surface area contributed by atoms with Crippen molar-refractivity contribution in [3.05, 3.63) is 70.8 Å². The Morgan fingerprint density at radius 3 is 2.04 bits per heavy atom. The van der Waals surface area contributed by atoms with Crippen LogP contribution in [-0.4, -0.2) is 5.91 Å². The van der Waals surface area contributed by atoms with Crippen LogP contribution in [0, 0.1) is 12.8 Å². The third-order valence-electron chi connectivity index (χ3n) is 4.10. The molecule has 0 aromatic heterocycles. The van der Waals surface area contributed by atoms with Crippen molar-refractivity contribution in [3.63, 3.8) is 0 Å². The Balaban J connectivity index is 1.92. The first kappa shape index (κ1) is 17.3. The zero-order chi connectivity index (χ0) is 16.8. The molecule has 0 aliphatic rings. The van der Waals surface area contributed by atoms with Crippen molar-refractivity contribution in [2.24, 2.45) is 5.92 Å².